The normalized spacial score (nSPS) is 12.8. The number of fused-ring (bicyclic) bond motifs is 1. The Hall–Kier alpha value is -3.66. The highest BCUT2D eigenvalue weighted by Crippen LogP contribution is 2.33. The van der Waals surface area contributed by atoms with Crippen molar-refractivity contribution >= 4 is 23.6 Å². The summed E-state index contributed by atoms with van der Waals surface area (Å²) in [7, 11) is 0. The molecule has 6 nitrogen and oxygen atoms in total. The van der Waals surface area contributed by atoms with Crippen LogP contribution >= 0.6 is 0 Å². The number of benzene rings is 2. The van der Waals surface area contributed by atoms with E-state index in [0.717, 1.165) is 0 Å². The molecule has 1 aliphatic heterocycles. The Kier molecular flexibility index (Phi) is 6.22. The number of aromatic nitrogens is 2. The van der Waals surface area contributed by atoms with E-state index in [0.29, 0.717) is 28.6 Å². The summed E-state index contributed by atoms with van der Waals surface area (Å²) < 4.78 is 53.0. The minimum Gasteiger partial charge on any atom is -0.339 e. The molecule has 1 aromatic heterocycles. The van der Waals surface area contributed by atoms with Gasteiger partial charge in [-0.15, -0.1) is 0 Å². The van der Waals surface area contributed by atoms with Crippen molar-refractivity contribution in [2.75, 3.05) is 18.4 Å². The van der Waals surface area contributed by atoms with Gasteiger partial charge < -0.3 is 15.5 Å². The minimum absolute atomic E-state index is 0.116. The number of nitrogens with zero attached hydrogens (tertiary/aromatic N) is 3. The van der Waals surface area contributed by atoms with E-state index in [1.54, 1.807) is 35.0 Å². The van der Waals surface area contributed by atoms with Crippen molar-refractivity contribution in [3.63, 3.8) is 0 Å². The number of halogens is 4. The van der Waals surface area contributed by atoms with E-state index in [1.807, 2.05) is 0 Å². The Morgan fingerprint density at radius 3 is 2.31 bits per heavy atom. The third-order valence-corrected chi connectivity index (χ3v) is 4.81. The van der Waals surface area contributed by atoms with Crippen molar-refractivity contribution in [1.29, 1.82) is 0 Å². The molecule has 1 amide bonds. The molecule has 0 spiro atoms. The molecular weight excluding hydrogens is 426 g/mol. The Bertz CT molecular complexity index is 1130. The van der Waals surface area contributed by atoms with Gasteiger partial charge in [0.15, 0.2) is 0 Å². The fourth-order valence-corrected chi connectivity index (χ4v) is 3.26. The van der Waals surface area contributed by atoms with Crippen LogP contribution in [-0.2, 0) is 11.3 Å². The molecule has 2 aromatic carbocycles. The first-order valence-corrected chi connectivity index (χ1v) is 9.77. The molecule has 4 rings (SSSR count). The number of nitrogens with one attached hydrogen (secondary N) is 2. The summed E-state index contributed by atoms with van der Waals surface area (Å²) in [6.07, 6.45) is 0.609. The van der Waals surface area contributed by atoms with Gasteiger partial charge in [0.25, 0.3) is 6.43 Å². The second-order valence-electron chi connectivity index (χ2n) is 7.08. The average molecular weight is 445 g/mol. The first-order chi connectivity index (χ1) is 15.4. The molecule has 3 aromatic rings. The van der Waals surface area contributed by atoms with Crippen LogP contribution in [0.15, 0.2) is 54.7 Å². The third-order valence-electron chi connectivity index (χ3n) is 4.81. The van der Waals surface area contributed by atoms with Crippen molar-refractivity contribution < 1.29 is 22.4 Å². The first kappa shape index (κ1) is 21.6. The number of hydrogen-bond acceptors (Lipinski definition) is 4. The summed E-state index contributed by atoms with van der Waals surface area (Å²) in [6.45, 7) is -0.690. The smallest absolute Gasteiger partial charge is 0.250 e. The Balaban J connectivity index is 1.63. The second-order valence-corrected chi connectivity index (χ2v) is 7.08. The summed E-state index contributed by atoms with van der Waals surface area (Å²) in [6, 6.07) is 11.6. The van der Waals surface area contributed by atoms with E-state index in [1.165, 1.54) is 35.4 Å². The lowest BCUT2D eigenvalue weighted by molar-refractivity contribution is -0.128. The van der Waals surface area contributed by atoms with E-state index in [9.17, 15) is 22.4 Å². The SMILES string of the molecule is O=C(CNCC(F)F)N1C=Cn2c(nc(-c3ccc(F)cc3)c2Nc2ccc(F)cc2)C1. The molecule has 32 heavy (non-hydrogen) atoms. The van der Waals surface area contributed by atoms with E-state index in [4.69, 9.17) is 0 Å². The maximum Gasteiger partial charge on any atom is 0.250 e. The highest BCUT2D eigenvalue weighted by Gasteiger charge is 2.24. The molecule has 0 unspecified atom stereocenters. The van der Waals surface area contributed by atoms with Gasteiger partial charge in [-0.1, -0.05) is 0 Å². The summed E-state index contributed by atoms with van der Waals surface area (Å²) in [5, 5.41) is 5.61. The lowest BCUT2D eigenvalue weighted by atomic mass is 10.1. The number of carbonyl (C=O) groups excluding carboxylic acids is 1. The largest absolute Gasteiger partial charge is 0.339 e. The van der Waals surface area contributed by atoms with E-state index in [-0.39, 0.29) is 24.8 Å². The van der Waals surface area contributed by atoms with Crippen molar-refractivity contribution in [3.05, 3.63) is 72.2 Å². The summed E-state index contributed by atoms with van der Waals surface area (Å²) in [5.41, 5.74) is 1.77. The number of hydrogen-bond donors (Lipinski definition) is 2. The molecule has 0 radical (unpaired) electrons. The molecule has 0 saturated carbocycles. The van der Waals surface area contributed by atoms with E-state index >= 15 is 0 Å². The van der Waals surface area contributed by atoms with Crippen molar-refractivity contribution in [1.82, 2.24) is 19.8 Å². The molecule has 0 aliphatic carbocycles. The molecule has 0 fully saturated rings. The minimum atomic E-state index is -2.54. The van der Waals surface area contributed by atoms with Crippen LogP contribution in [0.1, 0.15) is 5.82 Å². The van der Waals surface area contributed by atoms with Crippen LogP contribution in [0.4, 0.5) is 29.1 Å². The number of carbonyl (C=O) groups is 1. The monoisotopic (exact) mass is 445 g/mol. The van der Waals surface area contributed by atoms with Crippen LogP contribution in [-0.4, -0.2) is 39.9 Å². The summed E-state index contributed by atoms with van der Waals surface area (Å²) >= 11 is 0. The standard InChI is InChI=1S/C22H19F4N5O/c23-15-3-1-14(2-4-15)21-22(28-17-7-5-16(24)6-8-17)31-10-9-30(13-19(31)29-21)20(32)12-27-11-18(25)26/h1-10,18,27-28H,11-13H2. The molecule has 1 aliphatic rings. The van der Waals surface area contributed by atoms with Gasteiger partial charge in [0.05, 0.1) is 19.6 Å². The molecule has 2 heterocycles. The maximum atomic E-state index is 13.4. The molecule has 0 saturated heterocycles. The van der Waals surface area contributed by atoms with Crippen molar-refractivity contribution in [2.45, 2.75) is 13.0 Å². The van der Waals surface area contributed by atoms with E-state index in [2.05, 4.69) is 15.6 Å². The van der Waals surface area contributed by atoms with Gasteiger partial charge in [0, 0.05) is 23.7 Å². The average Bonchev–Trinajstić information content (AvgIpc) is 3.13. The van der Waals surface area contributed by atoms with Crippen molar-refractivity contribution in [2.24, 2.45) is 0 Å². The lowest BCUT2D eigenvalue weighted by Gasteiger charge is -2.23. The number of rotatable bonds is 7. The van der Waals surface area contributed by atoms with Crippen LogP contribution in [0.5, 0.6) is 0 Å². The summed E-state index contributed by atoms with van der Waals surface area (Å²) in [4.78, 5) is 18.3. The number of amides is 1. The zero-order valence-corrected chi connectivity index (χ0v) is 16.7. The van der Waals surface area contributed by atoms with Gasteiger partial charge in [0.1, 0.15) is 29.0 Å². The van der Waals surface area contributed by atoms with Gasteiger partial charge in [-0.05, 0) is 48.5 Å². The number of anilines is 2. The van der Waals surface area contributed by atoms with Gasteiger partial charge in [-0.2, -0.15) is 0 Å². The molecule has 2 N–H and O–H groups in total. The molecule has 0 atom stereocenters. The van der Waals surface area contributed by atoms with Crippen LogP contribution in [0.2, 0.25) is 0 Å². The van der Waals surface area contributed by atoms with Gasteiger partial charge >= 0.3 is 0 Å². The zero-order chi connectivity index (χ0) is 22.7. The first-order valence-electron chi connectivity index (χ1n) is 9.77. The van der Waals surface area contributed by atoms with Gasteiger partial charge in [-0.25, -0.2) is 22.5 Å². The van der Waals surface area contributed by atoms with Crippen LogP contribution in [0.3, 0.4) is 0 Å². The Morgan fingerprint density at radius 1 is 1.00 bits per heavy atom. The maximum absolute atomic E-state index is 13.4. The summed E-state index contributed by atoms with van der Waals surface area (Å²) in [5.74, 6) is -0.0820. The fraction of sp³-hybridized carbons (Fsp3) is 0.182. The van der Waals surface area contributed by atoms with Crippen molar-refractivity contribution in [3.8, 4) is 11.3 Å². The van der Waals surface area contributed by atoms with Gasteiger partial charge in [0.2, 0.25) is 5.91 Å². The Labute approximate surface area is 181 Å². The lowest BCUT2D eigenvalue weighted by Crippen LogP contribution is -2.37. The quantitative estimate of drug-likeness (QED) is 0.536. The van der Waals surface area contributed by atoms with Gasteiger partial charge in [-0.3, -0.25) is 9.36 Å². The topological polar surface area (TPSA) is 62.2 Å². The second kappa shape index (κ2) is 9.23. The molecule has 0 bridgehead atoms. The van der Waals surface area contributed by atoms with E-state index < -0.39 is 18.8 Å². The zero-order valence-electron chi connectivity index (χ0n) is 16.7. The number of imidazole rings is 1. The highest BCUT2D eigenvalue weighted by atomic mass is 19.3. The molecule has 166 valence electrons. The number of alkyl halides is 2. The Morgan fingerprint density at radius 2 is 1.66 bits per heavy atom. The van der Waals surface area contributed by atoms with Crippen LogP contribution in [0.25, 0.3) is 17.5 Å². The third kappa shape index (κ3) is 4.80. The molecular formula is C22H19F4N5O. The van der Waals surface area contributed by atoms with Crippen LogP contribution in [0, 0.1) is 11.6 Å². The predicted octanol–water partition coefficient (Wildman–Crippen LogP) is 4.20. The molecule has 10 heteroatoms. The van der Waals surface area contributed by atoms with Crippen LogP contribution < -0.4 is 10.6 Å². The fourth-order valence-electron chi connectivity index (χ4n) is 3.26. The predicted molar refractivity (Wildman–Crippen MR) is 112 cm³/mol. The highest BCUT2D eigenvalue weighted by molar-refractivity contribution is 5.82.